The molecule has 1 N–H and O–H groups in total. The Morgan fingerprint density at radius 2 is 1.90 bits per heavy atom. The molecule has 2 aromatic carbocycles. The summed E-state index contributed by atoms with van der Waals surface area (Å²) in [6.45, 7) is 3.92. The number of aromatic amines is 1. The molecular weight excluding hydrogens is 392 g/mol. The van der Waals surface area contributed by atoms with Gasteiger partial charge in [-0.15, -0.1) is 0 Å². The van der Waals surface area contributed by atoms with Crippen molar-refractivity contribution in [3.63, 3.8) is 0 Å². The number of piperidine rings is 1. The highest BCUT2D eigenvalue weighted by molar-refractivity contribution is 7.71. The van der Waals surface area contributed by atoms with Gasteiger partial charge in [0.15, 0.2) is 10.6 Å². The lowest BCUT2D eigenvalue weighted by Crippen LogP contribution is -2.40. The van der Waals surface area contributed by atoms with Gasteiger partial charge < -0.3 is 4.90 Å². The highest BCUT2D eigenvalue weighted by atomic mass is 32.1. The minimum absolute atomic E-state index is 0.114. The van der Waals surface area contributed by atoms with E-state index in [4.69, 9.17) is 12.2 Å². The van der Waals surface area contributed by atoms with Gasteiger partial charge in [0.05, 0.1) is 0 Å². The third-order valence-electron chi connectivity index (χ3n) is 5.98. The molecule has 2 heterocycles. The summed E-state index contributed by atoms with van der Waals surface area (Å²) >= 11 is 5.40. The molecule has 156 valence electrons. The molecule has 0 unspecified atom stereocenters. The number of carbonyl (C=O) groups excluding carboxylic acids is 1. The van der Waals surface area contributed by atoms with Crippen molar-refractivity contribution in [3.8, 4) is 11.4 Å². The highest BCUT2D eigenvalue weighted by Crippen LogP contribution is 2.23. The molecule has 1 fully saturated rings. The number of aromatic nitrogens is 3. The van der Waals surface area contributed by atoms with Crippen LogP contribution in [0.4, 0.5) is 0 Å². The summed E-state index contributed by atoms with van der Waals surface area (Å²) in [6.07, 6.45) is 4.44. The lowest BCUT2D eigenvalue weighted by molar-refractivity contribution is -0.133. The first kappa shape index (κ1) is 20.5. The number of aryl methyl sites for hydroxylation is 2. The van der Waals surface area contributed by atoms with E-state index in [1.165, 1.54) is 12.0 Å². The second-order valence-electron chi connectivity index (χ2n) is 8.16. The Morgan fingerprint density at radius 3 is 2.63 bits per heavy atom. The van der Waals surface area contributed by atoms with E-state index in [9.17, 15) is 4.79 Å². The van der Waals surface area contributed by atoms with Crippen LogP contribution in [-0.4, -0.2) is 38.7 Å². The topological polar surface area (TPSA) is 53.9 Å². The van der Waals surface area contributed by atoms with Gasteiger partial charge in [-0.1, -0.05) is 54.1 Å². The zero-order valence-electron chi connectivity index (χ0n) is 17.4. The summed E-state index contributed by atoms with van der Waals surface area (Å²) < 4.78 is 2.30. The van der Waals surface area contributed by atoms with Crippen LogP contribution in [0.5, 0.6) is 0 Å². The van der Waals surface area contributed by atoms with Crippen LogP contribution in [-0.2, 0) is 17.8 Å². The summed E-state index contributed by atoms with van der Waals surface area (Å²) in [5, 5.41) is 7.21. The van der Waals surface area contributed by atoms with E-state index < -0.39 is 0 Å². The maximum absolute atomic E-state index is 13.0. The third kappa shape index (κ3) is 4.87. The maximum atomic E-state index is 13.0. The van der Waals surface area contributed by atoms with Crippen LogP contribution in [0, 0.1) is 17.6 Å². The molecule has 6 heteroatoms. The van der Waals surface area contributed by atoms with Crippen molar-refractivity contribution in [1.82, 2.24) is 19.7 Å². The van der Waals surface area contributed by atoms with E-state index in [0.29, 0.717) is 10.7 Å². The highest BCUT2D eigenvalue weighted by Gasteiger charge is 2.24. The van der Waals surface area contributed by atoms with Gasteiger partial charge in [0.2, 0.25) is 5.91 Å². The van der Waals surface area contributed by atoms with E-state index in [-0.39, 0.29) is 12.5 Å². The van der Waals surface area contributed by atoms with E-state index >= 15 is 0 Å². The quantitative estimate of drug-likeness (QED) is 0.584. The molecule has 3 aromatic rings. The van der Waals surface area contributed by atoms with Gasteiger partial charge in [-0.05, 0) is 62.4 Å². The number of nitrogens with one attached hydrogen (secondary N) is 1. The number of carbonyl (C=O) groups is 1. The molecule has 0 radical (unpaired) electrons. The number of hydrogen-bond donors (Lipinski definition) is 1. The fourth-order valence-corrected chi connectivity index (χ4v) is 4.39. The molecule has 1 saturated heterocycles. The Bertz CT molecular complexity index is 1050. The van der Waals surface area contributed by atoms with Crippen LogP contribution in [0.3, 0.4) is 0 Å². The SMILES string of the molecule is Cc1cccc(-c2n[nH]c(=S)n2CC(=O)N2CCC(CCc3ccccc3)CC2)c1. The number of H-pyrrole nitrogens is 1. The molecule has 0 bridgehead atoms. The fraction of sp³-hybridized carbons (Fsp3) is 0.375. The van der Waals surface area contributed by atoms with Gasteiger partial charge >= 0.3 is 0 Å². The Labute approximate surface area is 182 Å². The average molecular weight is 421 g/mol. The largest absolute Gasteiger partial charge is 0.341 e. The van der Waals surface area contributed by atoms with Crippen LogP contribution in [0.25, 0.3) is 11.4 Å². The lowest BCUT2D eigenvalue weighted by atomic mass is 9.90. The first-order chi connectivity index (χ1) is 14.6. The standard InChI is InChI=1S/C24H28N4OS/c1-18-6-5-9-21(16-18)23-25-26-24(30)28(23)17-22(29)27-14-12-20(13-15-27)11-10-19-7-3-2-4-8-19/h2-9,16,20H,10-15,17H2,1H3,(H,26,30). The normalized spacial score (nSPS) is 14.8. The number of likely N-dealkylation sites (tertiary alicyclic amines) is 1. The van der Waals surface area contributed by atoms with Gasteiger partial charge in [0, 0.05) is 18.7 Å². The monoisotopic (exact) mass is 420 g/mol. The molecule has 1 aromatic heterocycles. The van der Waals surface area contributed by atoms with Gasteiger partial charge in [-0.2, -0.15) is 5.10 Å². The number of hydrogen-bond acceptors (Lipinski definition) is 3. The molecule has 1 aliphatic heterocycles. The molecule has 5 nitrogen and oxygen atoms in total. The van der Waals surface area contributed by atoms with E-state index in [0.717, 1.165) is 49.3 Å². The van der Waals surface area contributed by atoms with Crippen LogP contribution in [0.2, 0.25) is 0 Å². The minimum atomic E-state index is 0.114. The Balaban J connectivity index is 1.34. The van der Waals surface area contributed by atoms with Crippen molar-refractivity contribution in [3.05, 3.63) is 70.5 Å². The molecule has 0 spiro atoms. The number of benzene rings is 2. The molecule has 4 rings (SSSR count). The fourth-order valence-electron chi connectivity index (χ4n) is 4.19. The summed E-state index contributed by atoms with van der Waals surface area (Å²) in [5.74, 6) is 1.52. The maximum Gasteiger partial charge on any atom is 0.242 e. The van der Waals surface area contributed by atoms with Gasteiger partial charge in [-0.25, -0.2) is 0 Å². The van der Waals surface area contributed by atoms with Crippen molar-refractivity contribution in [1.29, 1.82) is 0 Å². The number of rotatable bonds is 6. The second-order valence-corrected chi connectivity index (χ2v) is 8.54. The van der Waals surface area contributed by atoms with Crippen LogP contribution >= 0.6 is 12.2 Å². The third-order valence-corrected chi connectivity index (χ3v) is 6.29. The van der Waals surface area contributed by atoms with Crippen molar-refractivity contribution >= 4 is 18.1 Å². The smallest absolute Gasteiger partial charge is 0.242 e. The van der Waals surface area contributed by atoms with Crippen LogP contribution < -0.4 is 0 Å². The van der Waals surface area contributed by atoms with Gasteiger partial charge in [0.25, 0.3) is 0 Å². The van der Waals surface area contributed by atoms with E-state index in [1.807, 2.05) is 34.6 Å². The predicted molar refractivity (Wildman–Crippen MR) is 122 cm³/mol. The van der Waals surface area contributed by atoms with Crippen molar-refractivity contribution < 1.29 is 4.79 Å². The lowest BCUT2D eigenvalue weighted by Gasteiger charge is -2.32. The van der Waals surface area contributed by atoms with Gasteiger partial charge in [-0.3, -0.25) is 14.5 Å². The zero-order valence-corrected chi connectivity index (χ0v) is 18.2. The van der Waals surface area contributed by atoms with Crippen molar-refractivity contribution in [2.45, 2.75) is 39.2 Å². The first-order valence-electron chi connectivity index (χ1n) is 10.6. The molecule has 1 aliphatic rings. The Kier molecular flexibility index (Phi) is 6.43. The first-order valence-corrected chi connectivity index (χ1v) is 11.0. The van der Waals surface area contributed by atoms with Gasteiger partial charge in [0.1, 0.15) is 6.54 Å². The number of nitrogens with zero attached hydrogens (tertiary/aromatic N) is 3. The molecule has 30 heavy (non-hydrogen) atoms. The molecule has 0 atom stereocenters. The summed E-state index contributed by atoms with van der Waals surface area (Å²) in [4.78, 5) is 15.0. The predicted octanol–water partition coefficient (Wildman–Crippen LogP) is 4.79. The Hall–Kier alpha value is -2.73. The zero-order chi connectivity index (χ0) is 20.9. The number of amides is 1. The van der Waals surface area contributed by atoms with E-state index in [2.05, 4.69) is 46.6 Å². The molecule has 0 saturated carbocycles. The van der Waals surface area contributed by atoms with Crippen LogP contribution in [0.1, 0.15) is 30.4 Å². The van der Waals surface area contributed by atoms with Crippen molar-refractivity contribution in [2.75, 3.05) is 13.1 Å². The molecule has 1 amide bonds. The summed E-state index contributed by atoms with van der Waals surface area (Å²) in [7, 11) is 0. The minimum Gasteiger partial charge on any atom is -0.341 e. The van der Waals surface area contributed by atoms with E-state index in [1.54, 1.807) is 0 Å². The van der Waals surface area contributed by atoms with Crippen LogP contribution in [0.15, 0.2) is 54.6 Å². The Morgan fingerprint density at radius 1 is 1.13 bits per heavy atom. The molecular formula is C24H28N4OS. The summed E-state index contributed by atoms with van der Waals surface area (Å²) in [5.41, 5.74) is 3.51. The van der Waals surface area contributed by atoms with Crippen molar-refractivity contribution in [2.24, 2.45) is 5.92 Å². The second kappa shape index (κ2) is 9.39. The average Bonchev–Trinajstić information content (AvgIpc) is 3.13. The molecule has 0 aliphatic carbocycles. The summed E-state index contributed by atoms with van der Waals surface area (Å²) in [6, 6.07) is 18.7.